The maximum absolute atomic E-state index is 10.8. The number of benzene rings is 1. The molecule has 1 aliphatic rings. The zero-order chi connectivity index (χ0) is 13.4. The highest BCUT2D eigenvalue weighted by Gasteiger charge is 2.20. The molecule has 0 spiro atoms. The van der Waals surface area contributed by atoms with Crippen LogP contribution in [0.25, 0.3) is 11.0 Å². The second-order valence-electron chi connectivity index (χ2n) is 4.97. The molecule has 2 aromatic rings. The van der Waals surface area contributed by atoms with Crippen molar-refractivity contribution in [3.05, 3.63) is 35.6 Å². The van der Waals surface area contributed by atoms with Crippen molar-refractivity contribution in [2.75, 3.05) is 13.1 Å². The third kappa shape index (κ3) is 2.47. The van der Waals surface area contributed by atoms with Gasteiger partial charge in [0.25, 0.3) is 0 Å². The van der Waals surface area contributed by atoms with Crippen LogP contribution in [0.4, 0.5) is 0 Å². The zero-order valence-corrected chi connectivity index (χ0v) is 10.4. The highest BCUT2D eigenvalue weighted by Crippen LogP contribution is 2.22. The summed E-state index contributed by atoms with van der Waals surface area (Å²) >= 11 is 0. The smallest absolute Gasteiger partial charge is 0.371 e. The van der Waals surface area contributed by atoms with Gasteiger partial charge in [-0.05, 0) is 30.2 Å². The number of carboxylic acid groups (broad SMARTS) is 1. The van der Waals surface area contributed by atoms with Crippen molar-refractivity contribution in [1.29, 1.82) is 0 Å². The second kappa shape index (κ2) is 4.68. The van der Waals surface area contributed by atoms with E-state index in [0.29, 0.717) is 12.1 Å². The summed E-state index contributed by atoms with van der Waals surface area (Å²) in [5, 5.41) is 19.2. The largest absolute Gasteiger partial charge is 0.475 e. The lowest BCUT2D eigenvalue weighted by Gasteiger charge is -2.14. The Morgan fingerprint density at radius 1 is 1.42 bits per heavy atom. The lowest BCUT2D eigenvalue weighted by Crippen LogP contribution is -2.21. The fourth-order valence-electron chi connectivity index (χ4n) is 2.51. The van der Waals surface area contributed by atoms with Gasteiger partial charge in [-0.1, -0.05) is 6.07 Å². The van der Waals surface area contributed by atoms with Gasteiger partial charge in [0.1, 0.15) is 5.58 Å². The minimum absolute atomic E-state index is 0.0382. The number of carboxylic acids is 1. The van der Waals surface area contributed by atoms with E-state index in [9.17, 15) is 9.90 Å². The van der Waals surface area contributed by atoms with Gasteiger partial charge in [-0.2, -0.15) is 0 Å². The van der Waals surface area contributed by atoms with Crippen molar-refractivity contribution < 1.29 is 19.4 Å². The number of hydrogen-bond donors (Lipinski definition) is 2. The van der Waals surface area contributed by atoms with Gasteiger partial charge < -0.3 is 14.6 Å². The van der Waals surface area contributed by atoms with Gasteiger partial charge in [-0.25, -0.2) is 4.79 Å². The van der Waals surface area contributed by atoms with Crippen LogP contribution in [-0.2, 0) is 6.54 Å². The number of β-amino-alcohol motifs (C(OH)–C–C–N with tert-alkyl or cyclic N) is 1. The Morgan fingerprint density at radius 2 is 2.26 bits per heavy atom. The molecule has 5 heteroatoms. The first kappa shape index (κ1) is 12.2. The quantitative estimate of drug-likeness (QED) is 0.879. The first-order valence-corrected chi connectivity index (χ1v) is 6.28. The maximum atomic E-state index is 10.8. The number of aromatic carboxylic acids is 1. The molecule has 100 valence electrons. The molecule has 1 aromatic carbocycles. The Balaban J connectivity index is 1.83. The van der Waals surface area contributed by atoms with Crippen LogP contribution >= 0.6 is 0 Å². The SMILES string of the molecule is O=C(O)c1cc2cc(CN3CCC(O)C3)ccc2o1. The molecule has 1 unspecified atom stereocenters. The molecule has 1 saturated heterocycles. The Morgan fingerprint density at radius 3 is 2.95 bits per heavy atom. The number of aliphatic hydroxyl groups excluding tert-OH is 1. The highest BCUT2D eigenvalue weighted by molar-refractivity contribution is 5.91. The molecule has 1 fully saturated rings. The summed E-state index contributed by atoms with van der Waals surface area (Å²) in [4.78, 5) is 13.0. The number of furan rings is 1. The topological polar surface area (TPSA) is 73.9 Å². The molecule has 0 bridgehead atoms. The van der Waals surface area contributed by atoms with E-state index in [0.717, 1.165) is 30.5 Å². The molecule has 0 amide bonds. The van der Waals surface area contributed by atoms with Crippen LogP contribution in [0.2, 0.25) is 0 Å². The summed E-state index contributed by atoms with van der Waals surface area (Å²) in [7, 11) is 0. The van der Waals surface area contributed by atoms with Crippen LogP contribution in [0, 0.1) is 0 Å². The molecule has 0 saturated carbocycles. The van der Waals surface area contributed by atoms with Crippen LogP contribution in [0.5, 0.6) is 0 Å². The molecule has 5 nitrogen and oxygen atoms in total. The van der Waals surface area contributed by atoms with Crippen molar-refractivity contribution >= 4 is 16.9 Å². The van der Waals surface area contributed by atoms with Crippen molar-refractivity contribution in [2.24, 2.45) is 0 Å². The monoisotopic (exact) mass is 261 g/mol. The normalized spacial score (nSPS) is 20.2. The van der Waals surface area contributed by atoms with Crippen LogP contribution < -0.4 is 0 Å². The summed E-state index contributed by atoms with van der Waals surface area (Å²) in [6.07, 6.45) is 0.591. The number of carbonyl (C=O) groups is 1. The van der Waals surface area contributed by atoms with Crippen LogP contribution in [0.1, 0.15) is 22.5 Å². The lowest BCUT2D eigenvalue weighted by atomic mass is 10.1. The van der Waals surface area contributed by atoms with E-state index in [2.05, 4.69) is 4.90 Å². The maximum Gasteiger partial charge on any atom is 0.371 e. The number of aliphatic hydroxyl groups is 1. The first-order valence-electron chi connectivity index (χ1n) is 6.28. The third-order valence-corrected chi connectivity index (χ3v) is 3.45. The van der Waals surface area contributed by atoms with Crippen LogP contribution in [-0.4, -0.2) is 40.3 Å². The van der Waals surface area contributed by atoms with Crippen molar-refractivity contribution in [3.63, 3.8) is 0 Å². The van der Waals surface area contributed by atoms with E-state index >= 15 is 0 Å². The molecule has 1 aromatic heterocycles. The number of nitrogens with zero attached hydrogens (tertiary/aromatic N) is 1. The predicted molar refractivity (Wildman–Crippen MR) is 69.1 cm³/mol. The third-order valence-electron chi connectivity index (χ3n) is 3.45. The number of rotatable bonds is 3. The molecule has 2 heterocycles. The average Bonchev–Trinajstić information content (AvgIpc) is 2.95. The van der Waals surface area contributed by atoms with Gasteiger partial charge in [0, 0.05) is 25.0 Å². The molecule has 0 radical (unpaired) electrons. The summed E-state index contributed by atoms with van der Waals surface area (Å²) in [5.74, 6) is -1.09. The number of hydrogen-bond acceptors (Lipinski definition) is 4. The number of likely N-dealkylation sites (tertiary alicyclic amines) is 1. The summed E-state index contributed by atoms with van der Waals surface area (Å²) in [5.41, 5.74) is 1.68. The molecule has 3 rings (SSSR count). The van der Waals surface area contributed by atoms with E-state index in [1.807, 2.05) is 12.1 Å². The molecule has 2 N–H and O–H groups in total. The van der Waals surface area contributed by atoms with Gasteiger partial charge in [0.2, 0.25) is 5.76 Å². The van der Waals surface area contributed by atoms with Gasteiger partial charge >= 0.3 is 5.97 Å². The van der Waals surface area contributed by atoms with Gasteiger partial charge in [0.15, 0.2) is 0 Å². The minimum Gasteiger partial charge on any atom is -0.475 e. The Bertz CT molecular complexity index is 619. The molecule has 0 aliphatic carbocycles. The van der Waals surface area contributed by atoms with Crippen molar-refractivity contribution in [3.8, 4) is 0 Å². The zero-order valence-electron chi connectivity index (χ0n) is 10.4. The van der Waals surface area contributed by atoms with Crippen LogP contribution in [0.3, 0.4) is 0 Å². The molecule has 1 aliphatic heterocycles. The summed E-state index contributed by atoms with van der Waals surface area (Å²) in [6, 6.07) is 7.21. The predicted octanol–water partition coefficient (Wildman–Crippen LogP) is 1.70. The Hall–Kier alpha value is -1.85. The van der Waals surface area contributed by atoms with Crippen molar-refractivity contribution in [2.45, 2.75) is 19.1 Å². The van der Waals surface area contributed by atoms with Gasteiger partial charge in [0.05, 0.1) is 6.10 Å². The second-order valence-corrected chi connectivity index (χ2v) is 4.97. The molecule has 1 atom stereocenters. The Kier molecular flexibility index (Phi) is 3.00. The minimum atomic E-state index is -1.06. The first-order chi connectivity index (χ1) is 9.11. The van der Waals surface area contributed by atoms with Gasteiger partial charge in [-0.3, -0.25) is 4.90 Å². The summed E-state index contributed by atoms with van der Waals surface area (Å²) in [6.45, 7) is 2.36. The Labute approximate surface area is 110 Å². The average molecular weight is 261 g/mol. The standard InChI is InChI=1S/C14H15NO4/c16-11-3-4-15(8-11)7-9-1-2-12-10(5-9)6-13(19-12)14(17)18/h1-2,5-6,11,16H,3-4,7-8H2,(H,17,18). The van der Waals surface area contributed by atoms with Gasteiger partial charge in [-0.15, -0.1) is 0 Å². The van der Waals surface area contributed by atoms with E-state index in [-0.39, 0.29) is 11.9 Å². The van der Waals surface area contributed by atoms with E-state index in [1.54, 1.807) is 12.1 Å². The fraction of sp³-hybridized carbons (Fsp3) is 0.357. The van der Waals surface area contributed by atoms with Crippen LogP contribution in [0.15, 0.2) is 28.7 Å². The van der Waals surface area contributed by atoms with Crippen molar-refractivity contribution in [1.82, 2.24) is 4.90 Å². The number of fused-ring (bicyclic) bond motifs is 1. The fourth-order valence-corrected chi connectivity index (χ4v) is 2.51. The lowest BCUT2D eigenvalue weighted by molar-refractivity contribution is 0.0665. The van der Waals surface area contributed by atoms with E-state index in [1.165, 1.54) is 0 Å². The van der Waals surface area contributed by atoms with E-state index < -0.39 is 5.97 Å². The molecular weight excluding hydrogens is 246 g/mol. The molecule has 19 heavy (non-hydrogen) atoms. The molecular formula is C14H15NO4. The highest BCUT2D eigenvalue weighted by atomic mass is 16.4. The van der Waals surface area contributed by atoms with E-state index in [4.69, 9.17) is 9.52 Å². The summed E-state index contributed by atoms with van der Waals surface area (Å²) < 4.78 is 5.22.